The highest BCUT2D eigenvalue weighted by atomic mass is 16.2. The van der Waals surface area contributed by atoms with Crippen LogP contribution in [0.1, 0.15) is 32.1 Å². The summed E-state index contributed by atoms with van der Waals surface area (Å²) >= 11 is 0. The van der Waals surface area contributed by atoms with E-state index in [1.54, 1.807) is 0 Å². The lowest BCUT2D eigenvalue weighted by molar-refractivity contribution is -0.141. The third kappa shape index (κ3) is 3.72. The number of nitrogens with zero attached hydrogens (tertiary/aromatic N) is 1. The largest absolute Gasteiger partial charge is 0.355 e. The van der Waals surface area contributed by atoms with Gasteiger partial charge in [-0.3, -0.25) is 9.59 Å². The normalized spacial score (nSPS) is 19.5. The van der Waals surface area contributed by atoms with E-state index >= 15 is 0 Å². The number of amides is 2. The molecule has 0 radical (unpaired) electrons. The molecule has 0 spiro atoms. The van der Waals surface area contributed by atoms with Crippen molar-refractivity contribution in [1.29, 1.82) is 0 Å². The Kier molecular flexibility index (Phi) is 5.03. The van der Waals surface area contributed by atoms with Crippen LogP contribution in [0.5, 0.6) is 0 Å². The summed E-state index contributed by atoms with van der Waals surface area (Å²) in [6, 6.07) is 18.2. The SMILES string of the molecule is O=C(Nc1cccc(-c2cc3ccccc3[nH]2)c1)C1CCCN(C(=O)C2CCC2)C1. The van der Waals surface area contributed by atoms with E-state index < -0.39 is 0 Å². The average molecular weight is 402 g/mol. The predicted octanol–water partition coefficient (Wildman–Crippen LogP) is 4.81. The molecule has 2 aromatic carbocycles. The molecule has 1 saturated carbocycles. The van der Waals surface area contributed by atoms with Gasteiger partial charge in [-0.1, -0.05) is 36.8 Å². The second-order valence-electron chi connectivity index (χ2n) is 8.59. The molecule has 2 N–H and O–H groups in total. The Bertz CT molecular complexity index is 1050. The number of hydrogen-bond acceptors (Lipinski definition) is 2. The molecule has 1 aliphatic carbocycles. The van der Waals surface area contributed by atoms with Gasteiger partial charge in [0.2, 0.25) is 11.8 Å². The van der Waals surface area contributed by atoms with Crippen molar-refractivity contribution in [2.75, 3.05) is 18.4 Å². The maximum atomic E-state index is 12.9. The molecule has 1 unspecified atom stereocenters. The van der Waals surface area contributed by atoms with Crippen LogP contribution in [-0.4, -0.2) is 34.8 Å². The van der Waals surface area contributed by atoms with Gasteiger partial charge in [-0.15, -0.1) is 0 Å². The van der Waals surface area contributed by atoms with Crippen LogP contribution in [0.15, 0.2) is 54.6 Å². The lowest BCUT2D eigenvalue weighted by Gasteiger charge is -2.36. The first-order valence-electron chi connectivity index (χ1n) is 11.0. The van der Waals surface area contributed by atoms with E-state index in [-0.39, 0.29) is 23.7 Å². The van der Waals surface area contributed by atoms with Gasteiger partial charge in [-0.25, -0.2) is 0 Å². The van der Waals surface area contributed by atoms with Gasteiger partial charge >= 0.3 is 0 Å². The van der Waals surface area contributed by atoms with Gasteiger partial charge in [-0.05, 0) is 49.9 Å². The van der Waals surface area contributed by atoms with E-state index in [9.17, 15) is 9.59 Å². The quantitative estimate of drug-likeness (QED) is 0.659. The molecule has 2 fully saturated rings. The van der Waals surface area contributed by atoms with Gasteiger partial charge in [-0.2, -0.15) is 0 Å². The van der Waals surface area contributed by atoms with Crippen molar-refractivity contribution in [3.63, 3.8) is 0 Å². The number of likely N-dealkylation sites (tertiary alicyclic amines) is 1. The number of rotatable bonds is 4. The monoisotopic (exact) mass is 401 g/mol. The Hall–Kier alpha value is -3.08. The number of H-pyrrole nitrogens is 1. The molecule has 2 amide bonds. The fourth-order valence-corrected chi connectivity index (χ4v) is 4.54. The number of benzene rings is 2. The molecular weight excluding hydrogens is 374 g/mol. The number of piperidine rings is 1. The van der Waals surface area contributed by atoms with Gasteiger partial charge in [0.15, 0.2) is 0 Å². The zero-order valence-corrected chi connectivity index (χ0v) is 17.1. The highest BCUT2D eigenvalue weighted by molar-refractivity contribution is 5.94. The molecule has 5 rings (SSSR count). The molecule has 2 aliphatic rings. The minimum Gasteiger partial charge on any atom is -0.355 e. The van der Waals surface area contributed by atoms with Crippen molar-refractivity contribution in [1.82, 2.24) is 9.88 Å². The fourth-order valence-electron chi connectivity index (χ4n) is 4.54. The van der Waals surface area contributed by atoms with Crippen molar-refractivity contribution in [3.05, 3.63) is 54.6 Å². The number of fused-ring (bicyclic) bond motifs is 1. The minimum absolute atomic E-state index is 0.00917. The summed E-state index contributed by atoms with van der Waals surface area (Å²) in [5.74, 6) is 0.314. The van der Waals surface area contributed by atoms with Crippen LogP contribution in [0.25, 0.3) is 22.2 Å². The number of nitrogens with one attached hydrogen (secondary N) is 2. The third-order valence-electron chi connectivity index (χ3n) is 6.53. The average Bonchev–Trinajstić information content (AvgIpc) is 3.17. The third-order valence-corrected chi connectivity index (χ3v) is 6.53. The molecule has 1 atom stereocenters. The predicted molar refractivity (Wildman–Crippen MR) is 119 cm³/mol. The van der Waals surface area contributed by atoms with Gasteiger partial charge in [0, 0.05) is 46.9 Å². The number of aromatic amines is 1. The lowest BCUT2D eigenvalue weighted by atomic mass is 9.83. The van der Waals surface area contributed by atoms with Crippen LogP contribution < -0.4 is 5.32 Å². The molecular formula is C25H27N3O2. The second-order valence-corrected chi connectivity index (χ2v) is 8.59. The zero-order chi connectivity index (χ0) is 20.5. The molecule has 154 valence electrons. The first-order valence-corrected chi connectivity index (χ1v) is 11.0. The highest BCUT2D eigenvalue weighted by Gasteiger charge is 2.34. The van der Waals surface area contributed by atoms with Crippen LogP contribution in [-0.2, 0) is 9.59 Å². The Balaban J connectivity index is 1.27. The van der Waals surface area contributed by atoms with Crippen molar-refractivity contribution in [2.45, 2.75) is 32.1 Å². The molecule has 5 nitrogen and oxygen atoms in total. The van der Waals surface area contributed by atoms with E-state index in [1.165, 1.54) is 5.39 Å². The minimum atomic E-state index is -0.139. The molecule has 30 heavy (non-hydrogen) atoms. The molecule has 2 heterocycles. The van der Waals surface area contributed by atoms with Crippen LogP contribution in [0, 0.1) is 11.8 Å². The molecule has 1 aliphatic heterocycles. The van der Waals surface area contributed by atoms with Gasteiger partial charge in [0.05, 0.1) is 5.92 Å². The summed E-state index contributed by atoms with van der Waals surface area (Å²) in [7, 11) is 0. The topological polar surface area (TPSA) is 65.2 Å². The Morgan fingerprint density at radius 3 is 2.57 bits per heavy atom. The van der Waals surface area contributed by atoms with Gasteiger partial charge < -0.3 is 15.2 Å². The number of hydrogen-bond donors (Lipinski definition) is 2. The Morgan fingerprint density at radius 2 is 1.77 bits per heavy atom. The highest BCUT2D eigenvalue weighted by Crippen LogP contribution is 2.31. The first kappa shape index (κ1) is 18.9. The summed E-state index contributed by atoms with van der Waals surface area (Å²) in [6.07, 6.45) is 4.90. The summed E-state index contributed by atoms with van der Waals surface area (Å²) in [5.41, 5.74) is 3.95. The van der Waals surface area contributed by atoms with Crippen LogP contribution >= 0.6 is 0 Å². The molecule has 3 aromatic rings. The van der Waals surface area contributed by atoms with Crippen LogP contribution in [0.3, 0.4) is 0 Å². The number of para-hydroxylation sites is 1. The van der Waals surface area contributed by atoms with E-state index in [4.69, 9.17) is 0 Å². The van der Waals surface area contributed by atoms with E-state index in [0.717, 1.165) is 61.1 Å². The van der Waals surface area contributed by atoms with Crippen LogP contribution in [0.2, 0.25) is 0 Å². The molecule has 1 aromatic heterocycles. The fraction of sp³-hybridized carbons (Fsp3) is 0.360. The smallest absolute Gasteiger partial charge is 0.229 e. The van der Waals surface area contributed by atoms with Crippen molar-refractivity contribution >= 4 is 28.4 Å². The van der Waals surface area contributed by atoms with Gasteiger partial charge in [0.25, 0.3) is 0 Å². The summed E-state index contributed by atoms with van der Waals surface area (Å²) in [5, 5.41) is 4.25. The summed E-state index contributed by atoms with van der Waals surface area (Å²) in [4.78, 5) is 30.8. The van der Waals surface area contributed by atoms with E-state index in [1.807, 2.05) is 41.3 Å². The maximum Gasteiger partial charge on any atom is 0.229 e. The van der Waals surface area contributed by atoms with Crippen molar-refractivity contribution < 1.29 is 9.59 Å². The van der Waals surface area contributed by atoms with Crippen LogP contribution in [0.4, 0.5) is 5.69 Å². The summed E-state index contributed by atoms with van der Waals surface area (Å²) in [6.45, 7) is 1.33. The Labute approximate surface area is 176 Å². The number of anilines is 1. The zero-order valence-electron chi connectivity index (χ0n) is 17.1. The van der Waals surface area contributed by atoms with Gasteiger partial charge in [0.1, 0.15) is 0 Å². The standard InChI is InChI=1S/C25H27N3O2/c29-24(20-10-5-13-28(16-20)25(30)17-7-3-8-17)26-21-11-4-9-18(14-21)23-15-19-6-1-2-12-22(19)27-23/h1-2,4,6,9,11-12,14-15,17,20,27H,3,5,7-8,10,13,16H2,(H,26,29). The molecule has 5 heteroatoms. The lowest BCUT2D eigenvalue weighted by Crippen LogP contribution is -2.47. The molecule has 0 bridgehead atoms. The van der Waals surface area contributed by atoms with Crippen molar-refractivity contribution in [3.8, 4) is 11.3 Å². The second kappa shape index (κ2) is 7.98. The van der Waals surface area contributed by atoms with E-state index in [2.05, 4.69) is 28.5 Å². The summed E-state index contributed by atoms with van der Waals surface area (Å²) < 4.78 is 0. The maximum absolute atomic E-state index is 12.9. The first-order chi connectivity index (χ1) is 14.7. The van der Waals surface area contributed by atoms with Crippen molar-refractivity contribution in [2.24, 2.45) is 11.8 Å². The number of carbonyl (C=O) groups excluding carboxylic acids is 2. The number of carbonyl (C=O) groups is 2. The van der Waals surface area contributed by atoms with E-state index in [0.29, 0.717) is 6.54 Å². The number of aromatic nitrogens is 1. The molecule has 1 saturated heterocycles. The Morgan fingerprint density at radius 1 is 0.933 bits per heavy atom.